The number of aromatic nitrogens is 4. The Morgan fingerprint density at radius 2 is 2.35 bits per heavy atom. The van der Waals surface area contributed by atoms with E-state index in [2.05, 4.69) is 27.4 Å². The van der Waals surface area contributed by atoms with Gasteiger partial charge in [-0.05, 0) is 18.3 Å². The summed E-state index contributed by atoms with van der Waals surface area (Å²) < 4.78 is 1.72. The zero-order valence-corrected chi connectivity index (χ0v) is 9.73. The summed E-state index contributed by atoms with van der Waals surface area (Å²) in [6.07, 6.45) is 5.96. The molecule has 1 aliphatic rings. The van der Waals surface area contributed by atoms with Gasteiger partial charge in [-0.15, -0.1) is 10.2 Å². The van der Waals surface area contributed by atoms with E-state index in [1.807, 2.05) is 0 Å². The van der Waals surface area contributed by atoms with E-state index in [-0.39, 0.29) is 5.56 Å². The largest absolute Gasteiger partial charge is 0.324 e. The molecule has 6 heteroatoms. The van der Waals surface area contributed by atoms with Crippen molar-refractivity contribution in [2.24, 2.45) is 5.41 Å². The van der Waals surface area contributed by atoms with Gasteiger partial charge in [-0.3, -0.25) is 9.20 Å². The van der Waals surface area contributed by atoms with Crippen LogP contribution in [0, 0.1) is 5.41 Å². The molecule has 2 aromatic heterocycles. The average Bonchev–Trinajstić information content (AvgIpc) is 2.89. The zero-order chi connectivity index (χ0) is 11.9. The van der Waals surface area contributed by atoms with Crippen molar-refractivity contribution >= 4 is 5.65 Å². The normalized spacial score (nSPS) is 17.5. The minimum Gasteiger partial charge on any atom is -0.324 e. The van der Waals surface area contributed by atoms with Crippen LogP contribution in [0.15, 0.2) is 17.2 Å². The molecule has 2 N–H and O–H groups in total. The van der Waals surface area contributed by atoms with Gasteiger partial charge < -0.3 is 10.3 Å². The van der Waals surface area contributed by atoms with E-state index in [1.54, 1.807) is 16.8 Å². The second kappa shape index (κ2) is 3.66. The molecule has 90 valence electrons. The molecule has 3 rings (SSSR count). The molecule has 1 aliphatic carbocycles. The SMILES string of the molecule is CC1(CNCc2nnc3c(=O)[nH]ccn23)CC1. The molecule has 1 saturated carbocycles. The number of aromatic amines is 1. The number of hydrogen-bond acceptors (Lipinski definition) is 4. The van der Waals surface area contributed by atoms with E-state index >= 15 is 0 Å². The van der Waals surface area contributed by atoms with Crippen LogP contribution >= 0.6 is 0 Å². The molecule has 0 aliphatic heterocycles. The van der Waals surface area contributed by atoms with Gasteiger partial charge in [0.25, 0.3) is 5.56 Å². The molecule has 0 bridgehead atoms. The van der Waals surface area contributed by atoms with Crippen LogP contribution in [0.3, 0.4) is 0 Å². The monoisotopic (exact) mass is 233 g/mol. The topological polar surface area (TPSA) is 75.1 Å². The lowest BCUT2D eigenvalue weighted by Gasteiger charge is -2.08. The third-order valence-corrected chi connectivity index (χ3v) is 3.35. The van der Waals surface area contributed by atoms with Crippen molar-refractivity contribution in [2.45, 2.75) is 26.3 Å². The number of H-pyrrole nitrogens is 1. The van der Waals surface area contributed by atoms with Crippen LogP contribution in [0.1, 0.15) is 25.6 Å². The predicted molar refractivity (Wildman–Crippen MR) is 62.7 cm³/mol. The second-order valence-electron chi connectivity index (χ2n) is 5.01. The van der Waals surface area contributed by atoms with E-state index in [1.165, 1.54) is 12.8 Å². The highest BCUT2D eigenvalue weighted by molar-refractivity contribution is 5.33. The second-order valence-corrected chi connectivity index (χ2v) is 5.01. The van der Waals surface area contributed by atoms with Gasteiger partial charge in [-0.1, -0.05) is 6.92 Å². The summed E-state index contributed by atoms with van der Waals surface area (Å²) >= 11 is 0. The fourth-order valence-corrected chi connectivity index (χ4v) is 1.87. The smallest absolute Gasteiger partial charge is 0.293 e. The molecular formula is C11H15N5O. The van der Waals surface area contributed by atoms with E-state index in [4.69, 9.17) is 0 Å². The molecule has 0 spiro atoms. The lowest BCUT2D eigenvalue weighted by Crippen LogP contribution is -2.23. The van der Waals surface area contributed by atoms with Crippen molar-refractivity contribution in [2.75, 3.05) is 6.54 Å². The Bertz CT molecular complexity index is 595. The summed E-state index contributed by atoms with van der Waals surface area (Å²) in [6, 6.07) is 0. The Kier molecular flexibility index (Phi) is 2.25. The van der Waals surface area contributed by atoms with Crippen LogP contribution in [0.2, 0.25) is 0 Å². The molecule has 2 heterocycles. The maximum absolute atomic E-state index is 11.4. The average molecular weight is 233 g/mol. The lowest BCUT2D eigenvalue weighted by atomic mass is 10.1. The van der Waals surface area contributed by atoms with Gasteiger partial charge in [-0.25, -0.2) is 0 Å². The van der Waals surface area contributed by atoms with Crippen LogP contribution in [-0.4, -0.2) is 26.1 Å². The van der Waals surface area contributed by atoms with Crippen molar-refractivity contribution in [1.29, 1.82) is 0 Å². The number of rotatable bonds is 4. The summed E-state index contributed by atoms with van der Waals surface area (Å²) in [4.78, 5) is 14.0. The zero-order valence-electron chi connectivity index (χ0n) is 9.73. The van der Waals surface area contributed by atoms with Crippen molar-refractivity contribution in [3.63, 3.8) is 0 Å². The summed E-state index contributed by atoms with van der Waals surface area (Å²) in [5, 5.41) is 11.3. The predicted octanol–water partition coefficient (Wildman–Crippen LogP) is 0.307. The molecule has 2 aromatic rings. The molecule has 6 nitrogen and oxygen atoms in total. The van der Waals surface area contributed by atoms with Crippen molar-refractivity contribution in [3.05, 3.63) is 28.6 Å². The van der Waals surface area contributed by atoms with E-state index in [0.29, 0.717) is 17.6 Å². The maximum atomic E-state index is 11.4. The summed E-state index contributed by atoms with van der Waals surface area (Å²) in [7, 11) is 0. The Hall–Kier alpha value is -1.69. The summed E-state index contributed by atoms with van der Waals surface area (Å²) in [5.74, 6) is 0.773. The van der Waals surface area contributed by atoms with Crippen LogP contribution < -0.4 is 10.9 Å². The molecule has 0 amide bonds. The van der Waals surface area contributed by atoms with Crippen LogP contribution in [0.5, 0.6) is 0 Å². The molecule has 17 heavy (non-hydrogen) atoms. The van der Waals surface area contributed by atoms with Crippen molar-refractivity contribution < 1.29 is 0 Å². The third-order valence-electron chi connectivity index (χ3n) is 3.35. The van der Waals surface area contributed by atoms with Crippen LogP contribution in [0.4, 0.5) is 0 Å². The summed E-state index contributed by atoms with van der Waals surface area (Å²) in [5.41, 5.74) is 0.611. The van der Waals surface area contributed by atoms with Gasteiger partial charge >= 0.3 is 0 Å². The Balaban J connectivity index is 1.76. The Labute approximate surface area is 98.1 Å². The summed E-state index contributed by atoms with van der Waals surface area (Å²) in [6.45, 7) is 3.90. The van der Waals surface area contributed by atoms with E-state index < -0.39 is 0 Å². The van der Waals surface area contributed by atoms with Crippen molar-refractivity contribution in [3.8, 4) is 0 Å². The molecule has 0 aromatic carbocycles. The minimum absolute atomic E-state index is 0.208. The Morgan fingerprint density at radius 3 is 3.12 bits per heavy atom. The number of nitrogens with one attached hydrogen (secondary N) is 2. The standard InChI is InChI=1S/C11H15N5O/c1-11(2-3-11)7-12-6-8-14-15-9-10(17)13-4-5-16(8)9/h4-5,12H,2-3,6-7H2,1H3,(H,13,17). The first-order chi connectivity index (χ1) is 8.18. The fourth-order valence-electron chi connectivity index (χ4n) is 1.87. The van der Waals surface area contributed by atoms with Crippen molar-refractivity contribution in [1.82, 2.24) is 24.9 Å². The van der Waals surface area contributed by atoms with Gasteiger partial charge in [0.15, 0.2) is 5.82 Å². The van der Waals surface area contributed by atoms with Gasteiger partial charge in [0.2, 0.25) is 5.65 Å². The highest BCUT2D eigenvalue weighted by Crippen LogP contribution is 2.44. The maximum Gasteiger partial charge on any atom is 0.293 e. The number of fused-ring (bicyclic) bond motifs is 1. The lowest BCUT2D eigenvalue weighted by molar-refractivity contribution is 0.492. The van der Waals surface area contributed by atoms with Crippen LogP contribution in [-0.2, 0) is 6.54 Å². The number of hydrogen-bond donors (Lipinski definition) is 2. The fraction of sp³-hybridized carbons (Fsp3) is 0.545. The van der Waals surface area contributed by atoms with E-state index in [0.717, 1.165) is 12.4 Å². The quantitative estimate of drug-likeness (QED) is 0.796. The third kappa shape index (κ3) is 1.95. The molecule has 1 fully saturated rings. The van der Waals surface area contributed by atoms with Gasteiger partial charge in [-0.2, -0.15) is 0 Å². The minimum atomic E-state index is -0.208. The van der Waals surface area contributed by atoms with Gasteiger partial charge in [0.1, 0.15) is 0 Å². The van der Waals surface area contributed by atoms with Gasteiger partial charge in [0, 0.05) is 18.9 Å². The molecule has 0 saturated heterocycles. The molecule has 0 atom stereocenters. The first-order valence-corrected chi connectivity index (χ1v) is 5.80. The van der Waals surface area contributed by atoms with Crippen LogP contribution in [0.25, 0.3) is 5.65 Å². The molecular weight excluding hydrogens is 218 g/mol. The van der Waals surface area contributed by atoms with Gasteiger partial charge in [0.05, 0.1) is 6.54 Å². The first kappa shape index (κ1) is 10.5. The Morgan fingerprint density at radius 1 is 1.53 bits per heavy atom. The number of nitrogens with zero attached hydrogens (tertiary/aromatic N) is 3. The highest BCUT2D eigenvalue weighted by atomic mass is 16.1. The van der Waals surface area contributed by atoms with E-state index in [9.17, 15) is 4.79 Å². The molecule has 0 radical (unpaired) electrons. The highest BCUT2D eigenvalue weighted by Gasteiger charge is 2.36. The first-order valence-electron chi connectivity index (χ1n) is 5.80. The molecule has 0 unspecified atom stereocenters.